The summed E-state index contributed by atoms with van der Waals surface area (Å²) in [7, 11) is 0. The molecule has 2 heteroatoms. The van der Waals surface area contributed by atoms with Crippen LogP contribution in [0.25, 0.3) is 0 Å². The predicted octanol–water partition coefficient (Wildman–Crippen LogP) is 3.15. The number of hydrogen-bond donors (Lipinski definition) is 0. The molecule has 0 aromatic heterocycles. The van der Waals surface area contributed by atoms with E-state index in [1.54, 1.807) is 0 Å². The first kappa shape index (κ1) is 13.3. The van der Waals surface area contributed by atoms with Crippen LogP contribution in [-0.2, 0) is 4.74 Å². The average molecular weight is 283 g/mol. The summed E-state index contributed by atoms with van der Waals surface area (Å²) in [5.74, 6) is 0. The molecular weight excluding hydrogens is 263 g/mol. The molecule has 0 heterocycles. The van der Waals surface area contributed by atoms with Crippen molar-refractivity contribution >= 4 is 19.4 Å². The molecule has 16 heavy (non-hydrogen) atoms. The molecule has 1 aromatic carbocycles. The van der Waals surface area contributed by atoms with Gasteiger partial charge >= 0.3 is 105 Å². The van der Waals surface area contributed by atoms with Crippen LogP contribution in [0.2, 0.25) is 4.82 Å². The quantitative estimate of drug-likeness (QED) is 0.552. The van der Waals surface area contributed by atoms with Gasteiger partial charge in [0.2, 0.25) is 0 Å². The molecule has 0 aliphatic heterocycles. The van der Waals surface area contributed by atoms with Crippen molar-refractivity contribution in [1.82, 2.24) is 0 Å². The zero-order valence-corrected chi connectivity index (χ0v) is 11.8. The van der Waals surface area contributed by atoms with Crippen LogP contribution >= 0.6 is 0 Å². The van der Waals surface area contributed by atoms with Gasteiger partial charge in [0, 0.05) is 0 Å². The summed E-state index contributed by atoms with van der Waals surface area (Å²) in [6, 6.07) is 10.7. The fourth-order valence-electron chi connectivity index (χ4n) is 1.39. The van der Waals surface area contributed by atoms with Gasteiger partial charge in [-0.1, -0.05) is 0 Å². The molecule has 1 nitrogen and oxygen atoms in total. The SMILES string of the molecule is CCCC(/C=C/OCC)[Se]c1ccccc1. The molecule has 0 saturated heterocycles. The van der Waals surface area contributed by atoms with Gasteiger partial charge in [-0.25, -0.2) is 0 Å². The summed E-state index contributed by atoms with van der Waals surface area (Å²) < 4.78 is 6.74. The van der Waals surface area contributed by atoms with E-state index in [1.807, 2.05) is 13.2 Å². The number of rotatable bonds is 7. The van der Waals surface area contributed by atoms with Crippen LogP contribution in [0.3, 0.4) is 0 Å². The normalized spacial score (nSPS) is 12.9. The summed E-state index contributed by atoms with van der Waals surface area (Å²) in [4.78, 5) is 0.659. The van der Waals surface area contributed by atoms with E-state index in [1.165, 1.54) is 17.3 Å². The molecule has 0 spiro atoms. The molecule has 0 amide bonds. The van der Waals surface area contributed by atoms with E-state index in [0.717, 1.165) is 6.61 Å². The van der Waals surface area contributed by atoms with Gasteiger partial charge in [0.05, 0.1) is 0 Å². The first-order chi connectivity index (χ1) is 7.86. The van der Waals surface area contributed by atoms with Crippen LogP contribution in [-0.4, -0.2) is 21.6 Å². The number of ether oxygens (including phenoxy) is 1. The third-order valence-corrected chi connectivity index (χ3v) is 4.76. The van der Waals surface area contributed by atoms with Crippen LogP contribution < -0.4 is 4.46 Å². The third-order valence-electron chi connectivity index (χ3n) is 2.16. The Bertz CT molecular complexity index is 295. The molecule has 0 saturated carbocycles. The molecule has 0 fully saturated rings. The van der Waals surface area contributed by atoms with Crippen LogP contribution in [0, 0.1) is 0 Å². The summed E-state index contributed by atoms with van der Waals surface area (Å²) >= 11 is 0.519. The number of allylic oxidation sites excluding steroid dienone is 1. The van der Waals surface area contributed by atoms with Crippen molar-refractivity contribution in [3.63, 3.8) is 0 Å². The minimum atomic E-state index is 0.519. The second-order valence-electron chi connectivity index (χ2n) is 3.54. The van der Waals surface area contributed by atoms with Crippen LogP contribution in [0.5, 0.6) is 0 Å². The van der Waals surface area contributed by atoms with Crippen molar-refractivity contribution in [2.75, 3.05) is 6.61 Å². The molecular formula is C14H20OSe. The molecule has 1 atom stereocenters. The first-order valence-electron chi connectivity index (χ1n) is 5.86. The Labute approximate surface area is 105 Å². The summed E-state index contributed by atoms with van der Waals surface area (Å²) in [5, 5.41) is 0. The van der Waals surface area contributed by atoms with Gasteiger partial charge in [0.25, 0.3) is 0 Å². The second kappa shape index (κ2) is 8.43. The summed E-state index contributed by atoms with van der Waals surface area (Å²) in [5.41, 5.74) is 0. The zero-order valence-electron chi connectivity index (χ0n) is 10.1. The monoisotopic (exact) mass is 284 g/mol. The van der Waals surface area contributed by atoms with Crippen molar-refractivity contribution in [2.45, 2.75) is 31.5 Å². The summed E-state index contributed by atoms with van der Waals surface area (Å²) in [6.07, 6.45) is 6.57. The predicted molar refractivity (Wildman–Crippen MR) is 71.3 cm³/mol. The van der Waals surface area contributed by atoms with E-state index in [0.29, 0.717) is 19.8 Å². The minimum absolute atomic E-state index is 0.519. The Kier molecular flexibility index (Phi) is 7.03. The Morgan fingerprint density at radius 2 is 2.00 bits per heavy atom. The van der Waals surface area contributed by atoms with E-state index in [4.69, 9.17) is 4.74 Å². The standard InChI is InChI=1S/C14H20OSe/c1-3-8-13(11-12-15-4-2)16-14-9-6-5-7-10-14/h5-7,9-13H,3-4,8H2,1-2H3/b12-11+. The molecule has 1 unspecified atom stereocenters. The maximum atomic E-state index is 5.28. The first-order valence-corrected chi connectivity index (χ1v) is 7.71. The fourth-order valence-corrected chi connectivity index (χ4v) is 3.83. The Morgan fingerprint density at radius 1 is 1.25 bits per heavy atom. The zero-order chi connectivity index (χ0) is 11.6. The Morgan fingerprint density at radius 3 is 2.62 bits per heavy atom. The molecule has 0 aliphatic carbocycles. The van der Waals surface area contributed by atoms with Crippen molar-refractivity contribution < 1.29 is 4.74 Å². The van der Waals surface area contributed by atoms with Crippen LogP contribution in [0.4, 0.5) is 0 Å². The Balaban J connectivity index is 2.50. The molecule has 88 valence electrons. The molecule has 0 aliphatic rings. The van der Waals surface area contributed by atoms with Crippen LogP contribution in [0.15, 0.2) is 42.7 Å². The van der Waals surface area contributed by atoms with E-state index in [2.05, 4.69) is 43.3 Å². The van der Waals surface area contributed by atoms with Crippen molar-refractivity contribution in [2.24, 2.45) is 0 Å². The number of benzene rings is 1. The number of hydrogen-bond acceptors (Lipinski definition) is 1. The van der Waals surface area contributed by atoms with Gasteiger partial charge in [-0.2, -0.15) is 0 Å². The topological polar surface area (TPSA) is 9.23 Å². The second-order valence-corrected chi connectivity index (χ2v) is 6.30. The molecule has 0 radical (unpaired) electrons. The average Bonchev–Trinajstić information content (AvgIpc) is 2.31. The van der Waals surface area contributed by atoms with E-state index in [-0.39, 0.29) is 0 Å². The molecule has 0 bridgehead atoms. The Hall–Kier alpha value is -0.721. The van der Waals surface area contributed by atoms with Gasteiger partial charge in [0.15, 0.2) is 0 Å². The van der Waals surface area contributed by atoms with Crippen LogP contribution in [0.1, 0.15) is 26.7 Å². The van der Waals surface area contributed by atoms with Gasteiger partial charge in [-0.15, -0.1) is 0 Å². The van der Waals surface area contributed by atoms with Gasteiger partial charge in [0.1, 0.15) is 0 Å². The molecule has 1 aromatic rings. The molecule has 1 rings (SSSR count). The maximum absolute atomic E-state index is 5.28. The van der Waals surface area contributed by atoms with Crippen molar-refractivity contribution in [3.8, 4) is 0 Å². The third kappa shape index (κ3) is 5.39. The van der Waals surface area contributed by atoms with Gasteiger partial charge < -0.3 is 0 Å². The van der Waals surface area contributed by atoms with E-state index in [9.17, 15) is 0 Å². The van der Waals surface area contributed by atoms with E-state index < -0.39 is 0 Å². The molecule has 0 N–H and O–H groups in total. The summed E-state index contributed by atoms with van der Waals surface area (Å²) in [6.45, 7) is 5.01. The van der Waals surface area contributed by atoms with Gasteiger partial charge in [-0.05, 0) is 0 Å². The van der Waals surface area contributed by atoms with Gasteiger partial charge in [-0.3, -0.25) is 0 Å². The van der Waals surface area contributed by atoms with Crippen molar-refractivity contribution in [3.05, 3.63) is 42.7 Å². The van der Waals surface area contributed by atoms with Crippen molar-refractivity contribution in [1.29, 1.82) is 0 Å². The van der Waals surface area contributed by atoms with E-state index >= 15 is 0 Å². The fraction of sp³-hybridized carbons (Fsp3) is 0.429.